The minimum atomic E-state index is -4.77. The number of benzene rings is 3. The summed E-state index contributed by atoms with van der Waals surface area (Å²) in [5.74, 6) is -8.06. The Morgan fingerprint density at radius 3 is 2.22 bits per heavy atom. The SMILES string of the molecule is COc1cccc(O)c1[C@H]1C2=CC[C@@H]3C(=O)N(c4ccc(Cl)cc4)C(=O)[C@@H]3[C@@H]2C[C@H]2C(=O)N(Nc3ncc(C(F)(F)F)cc3Cl)C(=O)[C@@]12c1ccc(Cl)cc1. The Hall–Kier alpha value is -5.11. The van der Waals surface area contributed by atoms with E-state index >= 15 is 4.79 Å². The largest absolute Gasteiger partial charge is 0.508 e. The number of hydrogen-bond acceptors (Lipinski definition) is 8. The number of anilines is 2. The van der Waals surface area contributed by atoms with Gasteiger partial charge in [-0.15, -0.1) is 0 Å². The van der Waals surface area contributed by atoms with Crippen LogP contribution in [0.5, 0.6) is 11.5 Å². The number of pyridine rings is 1. The van der Waals surface area contributed by atoms with Gasteiger partial charge in [0, 0.05) is 27.7 Å². The van der Waals surface area contributed by atoms with Crippen molar-refractivity contribution in [3.05, 3.63) is 122 Å². The third-order valence-corrected chi connectivity index (χ3v) is 12.0. The molecule has 3 heterocycles. The summed E-state index contributed by atoms with van der Waals surface area (Å²) in [6.07, 6.45) is -2.45. The number of halogens is 6. The number of nitrogens with zero attached hydrogens (tertiary/aromatic N) is 3. The molecule has 2 aliphatic carbocycles. The molecule has 1 aromatic heterocycles. The number of carbonyl (C=O) groups is 4. The van der Waals surface area contributed by atoms with Gasteiger partial charge in [-0.05, 0) is 78.9 Å². The van der Waals surface area contributed by atoms with E-state index in [1.165, 1.54) is 13.2 Å². The lowest BCUT2D eigenvalue weighted by Gasteiger charge is -2.50. The van der Waals surface area contributed by atoms with Crippen LogP contribution in [0, 0.1) is 23.7 Å². The molecule has 2 saturated heterocycles. The van der Waals surface area contributed by atoms with Crippen LogP contribution in [0.4, 0.5) is 24.7 Å². The molecule has 10 nitrogen and oxygen atoms in total. The molecule has 16 heteroatoms. The highest BCUT2D eigenvalue weighted by Gasteiger charge is 2.71. The zero-order chi connectivity index (χ0) is 39.1. The number of rotatable bonds is 6. The van der Waals surface area contributed by atoms with Crippen molar-refractivity contribution in [2.45, 2.75) is 30.4 Å². The smallest absolute Gasteiger partial charge is 0.417 e. The van der Waals surface area contributed by atoms with Crippen LogP contribution in [0.3, 0.4) is 0 Å². The second kappa shape index (κ2) is 13.3. The van der Waals surface area contributed by atoms with Crippen molar-refractivity contribution < 1.29 is 42.2 Å². The number of imide groups is 2. The maximum Gasteiger partial charge on any atom is 0.417 e. The van der Waals surface area contributed by atoms with Crippen LogP contribution in [0.1, 0.15) is 35.4 Å². The third kappa shape index (κ3) is 5.57. The van der Waals surface area contributed by atoms with Crippen molar-refractivity contribution in [2.75, 3.05) is 17.4 Å². The van der Waals surface area contributed by atoms with Crippen molar-refractivity contribution in [3.8, 4) is 11.5 Å². The number of phenols is 1. The van der Waals surface area contributed by atoms with E-state index in [0.29, 0.717) is 44.1 Å². The summed E-state index contributed by atoms with van der Waals surface area (Å²) in [5, 5.41) is 12.6. The molecular formula is C39H28Cl3F3N4O6. The fraction of sp³-hybridized carbons (Fsp3) is 0.256. The molecule has 1 saturated carbocycles. The topological polar surface area (TPSA) is 129 Å². The molecule has 4 aromatic rings. The summed E-state index contributed by atoms with van der Waals surface area (Å²) >= 11 is 18.7. The zero-order valence-corrected chi connectivity index (χ0v) is 30.7. The predicted octanol–water partition coefficient (Wildman–Crippen LogP) is 7.96. The van der Waals surface area contributed by atoms with Crippen molar-refractivity contribution in [1.82, 2.24) is 9.99 Å². The standard InChI is InChI=1S/C39H28Cl3F3N4O6/c1-55-29-4-2-3-28(50)31(29)32-23-13-14-24-30(36(53)48(34(24)51)22-11-9-21(41)10-12-22)25(23)16-26-35(52)49(37(54)38(26,32)18-5-7-20(40)8-6-18)47-33-27(42)15-19(17-46-33)39(43,44)45/h2-13,15,17,24-26,30,32,50H,14,16H2,1H3,(H,46,47)/t24-,25+,26-,30-,32+,38+/m0/s1. The monoisotopic (exact) mass is 810 g/mol. The van der Waals surface area contributed by atoms with Crippen molar-refractivity contribution >= 4 is 69.9 Å². The molecule has 0 spiro atoms. The first kappa shape index (κ1) is 36.8. The molecule has 4 amide bonds. The number of fused-ring (bicyclic) bond motifs is 4. The normalized spacial score (nSPS) is 26.1. The number of aromatic hydroxyl groups is 1. The Balaban J connectivity index is 1.33. The first-order valence-corrected chi connectivity index (χ1v) is 18.1. The van der Waals surface area contributed by atoms with Crippen LogP contribution in [0.2, 0.25) is 15.1 Å². The quantitative estimate of drug-likeness (QED) is 0.148. The fourth-order valence-corrected chi connectivity index (χ4v) is 9.40. The summed E-state index contributed by atoms with van der Waals surface area (Å²) in [4.78, 5) is 63.6. The van der Waals surface area contributed by atoms with Gasteiger partial charge in [0.15, 0.2) is 5.82 Å². The van der Waals surface area contributed by atoms with Crippen LogP contribution >= 0.6 is 34.8 Å². The number of carbonyl (C=O) groups excluding carboxylic acids is 4. The molecule has 3 fully saturated rings. The highest BCUT2D eigenvalue weighted by atomic mass is 35.5. The first-order chi connectivity index (χ1) is 26.2. The van der Waals surface area contributed by atoms with Gasteiger partial charge in [0.1, 0.15) is 11.5 Å². The molecule has 0 radical (unpaired) electrons. The minimum absolute atomic E-state index is 0.105. The molecule has 0 unspecified atom stereocenters. The van der Waals surface area contributed by atoms with Crippen molar-refractivity contribution in [1.29, 1.82) is 0 Å². The molecule has 2 N–H and O–H groups in total. The Morgan fingerprint density at radius 2 is 1.58 bits per heavy atom. The lowest BCUT2D eigenvalue weighted by molar-refractivity contribution is -0.139. The maximum absolute atomic E-state index is 15.3. The number of phenolic OH excluding ortho intramolecular Hbond substituents is 1. The first-order valence-electron chi connectivity index (χ1n) is 17.0. The molecule has 6 atom stereocenters. The highest BCUT2D eigenvalue weighted by molar-refractivity contribution is 6.33. The summed E-state index contributed by atoms with van der Waals surface area (Å²) in [7, 11) is 1.38. The van der Waals surface area contributed by atoms with Gasteiger partial charge in [-0.1, -0.05) is 64.7 Å². The van der Waals surface area contributed by atoms with Crippen LogP contribution in [-0.4, -0.2) is 45.8 Å². The second-order valence-electron chi connectivity index (χ2n) is 13.8. The van der Waals surface area contributed by atoms with E-state index in [2.05, 4.69) is 10.4 Å². The summed E-state index contributed by atoms with van der Waals surface area (Å²) < 4.78 is 46.2. The van der Waals surface area contributed by atoms with Gasteiger partial charge in [-0.3, -0.25) is 29.5 Å². The average Bonchev–Trinajstić information content (AvgIpc) is 3.53. The molecule has 2 aliphatic heterocycles. The van der Waals surface area contributed by atoms with Gasteiger partial charge in [0.2, 0.25) is 11.8 Å². The van der Waals surface area contributed by atoms with E-state index in [0.717, 1.165) is 4.90 Å². The van der Waals surface area contributed by atoms with Gasteiger partial charge >= 0.3 is 6.18 Å². The predicted molar refractivity (Wildman–Crippen MR) is 195 cm³/mol. The van der Waals surface area contributed by atoms with E-state index in [1.54, 1.807) is 66.7 Å². The Bertz CT molecular complexity index is 2320. The average molecular weight is 812 g/mol. The van der Waals surface area contributed by atoms with E-state index in [4.69, 9.17) is 39.5 Å². The van der Waals surface area contributed by atoms with E-state index in [-0.39, 0.29) is 29.9 Å². The van der Waals surface area contributed by atoms with Gasteiger partial charge in [0.25, 0.3) is 11.8 Å². The number of hydrogen-bond donors (Lipinski definition) is 2. The van der Waals surface area contributed by atoms with Gasteiger partial charge in [-0.25, -0.2) is 4.98 Å². The van der Waals surface area contributed by atoms with Gasteiger partial charge < -0.3 is 9.84 Å². The van der Waals surface area contributed by atoms with E-state index in [9.17, 15) is 32.7 Å². The third-order valence-electron chi connectivity index (χ3n) is 11.2. The number of allylic oxidation sites excluding steroid dienone is 2. The molecule has 282 valence electrons. The Labute approximate surface area is 326 Å². The number of nitrogens with one attached hydrogen (secondary N) is 1. The summed E-state index contributed by atoms with van der Waals surface area (Å²) in [6.45, 7) is 0. The number of amides is 4. The zero-order valence-electron chi connectivity index (χ0n) is 28.5. The van der Waals surface area contributed by atoms with Crippen molar-refractivity contribution in [3.63, 3.8) is 0 Å². The van der Waals surface area contributed by atoms with Crippen LogP contribution < -0.4 is 15.1 Å². The number of methoxy groups -OCH3 is 1. The Morgan fingerprint density at radius 1 is 0.909 bits per heavy atom. The lowest BCUT2D eigenvalue weighted by atomic mass is 9.49. The summed E-state index contributed by atoms with van der Waals surface area (Å²) in [5.41, 5.74) is 0.903. The fourth-order valence-electron chi connectivity index (χ4n) is 8.94. The highest BCUT2D eigenvalue weighted by Crippen LogP contribution is 2.66. The number of ether oxygens (including phenoxy) is 1. The van der Waals surface area contributed by atoms with Crippen LogP contribution in [-0.2, 0) is 30.8 Å². The minimum Gasteiger partial charge on any atom is -0.508 e. The van der Waals surface area contributed by atoms with E-state index < -0.39 is 81.2 Å². The molecular weight excluding hydrogens is 784 g/mol. The number of alkyl halides is 3. The van der Waals surface area contributed by atoms with Crippen LogP contribution in [0.15, 0.2) is 90.6 Å². The molecule has 4 aliphatic rings. The van der Waals surface area contributed by atoms with Gasteiger partial charge in [0.05, 0.1) is 46.6 Å². The molecule has 0 bridgehead atoms. The van der Waals surface area contributed by atoms with E-state index in [1.807, 2.05) is 0 Å². The summed E-state index contributed by atoms with van der Waals surface area (Å²) in [6, 6.07) is 17.7. The lowest BCUT2D eigenvalue weighted by Crippen LogP contribution is -2.53. The Kier molecular flexibility index (Phi) is 8.90. The number of hydrazine groups is 1. The molecule has 3 aromatic carbocycles. The van der Waals surface area contributed by atoms with Gasteiger partial charge in [-0.2, -0.15) is 18.2 Å². The number of aromatic nitrogens is 1. The maximum atomic E-state index is 15.3. The molecule has 8 rings (SSSR count). The second-order valence-corrected chi connectivity index (χ2v) is 15.1. The van der Waals surface area contributed by atoms with Crippen LogP contribution in [0.25, 0.3) is 0 Å². The molecule has 55 heavy (non-hydrogen) atoms. The van der Waals surface area contributed by atoms with Crippen molar-refractivity contribution in [2.24, 2.45) is 23.7 Å².